The lowest BCUT2D eigenvalue weighted by atomic mass is 9.94. The Morgan fingerprint density at radius 3 is 2.71 bits per heavy atom. The normalized spacial score (nSPS) is 14.3. The zero-order chi connectivity index (χ0) is 9.84. The largest absolute Gasteiger partial charge is 0.324 e. The van der Waals surface area contributed by atoms with Gasteiger partial charge in [0.25, 0.3) is 0 Å². The number of halogens is 2. The Morgan fingerprint density at radius 1 is 1.57 bits per heavy atom. The molecule has 0 amide bonds. The lowest BCUT2D eigenvalue weighted by Gasteiger charge is -2.18. The van der Waals surface area contributed by atoms with E-state index in [0.717, 1.165) is 6.42 Å². The highest BCUT2D eigenvalue weighted by Gasteiger charge is 2.16. The van der Waals surface area contributed by atoms with Crippen LogP contribution in [0.15, 0.2) is 18.3 Å². The van der Waals surface area contributed by atoms with Gasteiger partial charge in [0, 0.05) is 17.8 Å². The van der Waals surface area contributed by atoms with Gasteiger partial charge in [-0.05, 0) is 12.0 Å². The van der Waals surface area contributed by atoms with Crippen molar-refractivity contribution in [2.45, 2.75) is 26.3 Å². The van der Waals surface area contributed by atoms with Gasteiger partial charge in [0.05, 0.1) is 0 Å². The van der Waals surface area contributed by atoms with Gasteiger partial charge in [0.15, 0.2) is 0 Å². The zero-order valence-corrected chi connectivity index (χ0v) is 9.22. The molecule has 2 atom stereocenters. The Hall–Kier alpha value is -0.670. The van der Waals surface area contributed by atoms with Crippen LogP contribution in [0.1, 0.15) is 31.9 Å². The van der Waals surface area contributed by atoms with Crippen LogP contribution in [0.5, 0.6) is 0 Å². The van der Waals surface area contributed by atoms with E-state index in [9.17, 15) is 4.39 Å². The Bertz CT molecular complexity index is 281. The van der Waals surface area contributed by atoms with Crippen LogP contribution in [-0.4, -0.2) is 4.98 Å². The van der Waals surface area contributed by atoms with E-state index >= 15 is 0 Å². The quantitative estimate of drug-likeness (QED) is 0.793. The van der Waals surface area contributed by atoms with E-state index in [1.54, 1.807) is 12.1 Å². The summed E-state index contributed by atoms with van der Waals surface area (Å²) in [5.41, 5.74) is 6.38. The topological polar surface area (TPSA) is 38.9 Å². The Kier molecular flexibility index (Phi) is 5.65. The Balaban J connectivity index is 0.00000169. The van der Waals surface area contributed by atoms with Gasteiger partial charge in [-0.2, -0.15) is 4.39 Å². The fourth-order valence-electron chi connectivity index (χ4n) is 1.21. The van der Waals surface area contributed by atoms with Crippen LogP contribution in [0, 0.1) is 11.9 Å². The highest BCUT2D eigenvalue weighted by molar-refractivity contribution is 5.85. The van der Waals surface area contributed by atoms with Gasteiger partial charge in [-0.15, -0.1) is 12.4 Å². The smallest absolute Gasteiger partial charge is 0.217 e. The van der Waals surface area contributed by atoms with Gasteiger partial charge in [0.1, 0.15) is 0 Å². The van der Waals surface area contributed by atoms with Crippen molar-refractivity contribution in [1.29, 1.82) is 0 Å². The molecule has 0 aliphatic rings. The van der Waals surface area contributed by atoms with E-state index in [-0.39, 0.29) is 24.4 Å². The fraction of sp³-hybridized carbons (Fsp3) is 0.500. The standard InChI is InChI=1S/C10H15FN2.ClH/c1-3-7(2)9(12)8-5-4-6-13-10(8)11;/h4-7,9H,3,12H2,1-2H3;1H/t7?,9-;/m1./s1. The van der Waals surface area contributed by atoms with Crippen LogP contribution >= 0.6 is 12.4 Å². The van der Waals surface area contributed by atoms with Gasteiger partial charge in [0.2, 0.25) is 5.95 Å². The van der Waals surface area contributed by atoms with Crippen molar-refractivity contribution in [3.8, 4) is 0 Å². The van der Waals surface area contributed by atoms with Crippen LogP contribution in [0.4, 0.5) is 4.39 Å². The summed E-state index contributed by atoms with van der Waals surface area (Å²) in [7, 11) is 0. The molecule has 1 rings (SSSR count). The molecule has 0 radical (unpaired) electrons. The number of nitrogens with two attached hydrogens (primary N) is 1. The lowest BCUT2D eigenvalue weighted by Crippen LogP contribution is -2.20. The van der Waals surface area contributed by atoms with Crippen molar-refractivity contribution >= 4 is 12.4 Å². The lowest BCUT2D eigenvalue weighted by molar-refractivity contribution is 0.432. The molecule has 1 heterocycles. The highest BCUT2D eigenvalue weighted by atomic mass is 35.5. The first-order valence-corrected chi connectivity index (χ1v) is 4.52. The molecule has 0 fully saturated rings. The molecule has 0 saturated heterocycles. The molecule has 80 valence electrons. The van der Waals surface area contributed by atoms with E-state index in [1.807, 2.05) is 13.8 Å². The number of aromatic nitrogens is 1. The number of rotatable bonds is 3. The number of pyridine rings is 1. The second-order valence-electron chi connectivity index (χ2n) is 3.29. The van der Waals surface area contributed by atoms with E-state index in [4.69, 9.17) is 5.73 Å². The SMILES string of the molecule is CCC(C)[C@@H](N)c1cccnc1F.Cl. The number of hydrogen-bond acceptors (Lipinski definition) is 2. The average molecular weight is 219 g/mol. The van der Waals surface area contributed by atoms with Gasteiger partial charge >= 0.3 is 0 Å². The second kappa shape index (κ2) is 5.94. The molecule has 1 unspecified atom stereocenters. The van der Waals surface area contributed by atoms with Gasteiger partial charge in [-0.1, -0.05) is 26.3 Å². The van der Waals surface area contributed by atoms with Crippen LogP contribution < -0.4 is 5.73 Å². The maximum atomic E-state index is 13.1. The van der Waals surface area contributed by atoms with Crippen molar-refractivity contribution in [2.75, 3.05) is 0 Å². The summed E-state index contributed by atoms with van der Waals surface area (Å²) in [6, 6.07) is 3.15. The minimum Gasteiger partial charge on any atom is -0.324 e. The molecule has 0 saturated carbocycles. The number of hydrogen-bond donors (Lipinski definition) is 1. The van der Waals surface area contributed by atoms with E-state index < -0.39 is 5.95 Å². The molecule has 4 heteroatoms. The van der Waals surface area contributed by atoms with Crippen LogP contribution in [0.25, 0.3) is 0 Å². The van der Waals surface area contributed by atoms with Crippen molar-refractivity contribution in [3.63, 3.8) is 0 Å². The molecule has 0 aromatic carbocycles. The van der Waals surface area contributed by atoms with Gasteiger partial charge in [-0.3, -0.25) is 0 Å². The maximum absolute atomic E-state index is 13.1. The van der Waals surface area contributed by atoms with Crippen molar-refractivity contribution in [2.24, 2.45) is 11.7 Å². The highest BCUT2D eigenvalue weighted by Crippen LogP contribution is 2.22. The molecule has 1 aromatic rings. The third-order valence-corrected chi connectivity index (χ3v) is 2.40. The summed E-state index contributed by atoms with van der Waals surface area (Å²) < 4.78 is 13.1. The Labute approximate surface area is 90.1 Å². The summed E-state index contributed by atoms with van der Waals surface area (Å²) in [5.74, 6) is -0.172. The van der Waals surface area contributed by atoms with E-state index in [1.165, 1.54) is 6.20 Å². The molecule has 14 heavy (non-hydrogen) atoms. The van der Waals surface area contributed by atoms with Crippen LogP contribution in [0.3, 0.4) is 0 Å². The third kappa shape index (κ3) is 2.93. The third-order valence-electron chi connectivity index (χ3n) is 2.40. The fourth-order valence-corrected chi connectivity index (χ4v) is 1.21. The summed E-state index contributed by atoms with van der Waals surface area (Å²) in [4.78, 5) is 3.57. The molecule has 0 bridgehead atoms. The average Bonchev–Trinajstić information content (AvgIpc) is 2.16. The molecule has 2 nitrogen and oxygen atoms in total. The Morgan fingerprint density at radius 2 is 2.21 bits per heavy atom. The molecule has 0 aliphatic carbocycles. The summed E-state index contributed by atoms with van der Waals surface area (Å²) in [6.45, 7) is 4.05. The first kappa shape index (κ1) is 13.3. The van der Waals surface area contributed by atoms with Crippen LogP contribution in [0.2, 0.25) is 0 Å². The molecule has 1 aromatic heterocycles. The minimum atomic E-state index is -0.449. The predicted octanol–water partition coefficient (Wildman–Crippen LogP) is 2.69. The first-order chi connectivity index (χ1) is 6.16. The van der Waals surface area contributed by atoms with E-state index in [2.05, 4.69) is 4.98 Å². The monoisotopic (exact) mass is 218 g/mol. The van der Waals surface area contributed by atoms with E-state index in [0.29, 0.717) is 5.56 Å². The molecule has 0 spiro atoms. The summed E-state index contributed by atoms with van der Waals surface area (Å²) >= 11 is 0. The van der Waals surface area contributed by atoms with Crippen molar-refractivity contribution < 1.29 is 4.39 Å². The summed E-state index contributed by atoms with van der Waals surface area (Å²) in [6.07, 6.45) is 2.37. The number of nitrogens with zero attached hydrogens (tertiary/aromatic N) is 1. The maximum Gasteiger partial charge on any atom is 0.217 e. The van der Waals surface area contributed by atoms with Gasteiger partial charge in [-0.25, -0.2) is 4.98 Å². The molecular formula is C10H16ClFN2. The first-order valence-electron chi connectivity index (χ1n) is 4.52. The predicted molar refractivity (Wildman–Crippen MR) is 57.8 cm³/mol. The zero-order valence-electron chi connectivity index (χ0n) is 8.40. The minimum absolute atomic E-state index is 0. The van der Waals surface area contributed by atoms with Crippen molar-refractivity contribution in [1.82, 2.24) is 4.98 Å². The molecule has 0 aliphatic heterocycles. The second-order valence-corrected chi connectivity index (χ2v) is 3.29. The molecular weight excluding hydrogens is 203 g/mol. The van der Waals surface area contributed by atoms with Crippen molar-refractivity contribution in [3.05, 3.63) is 29.8 Å². The summed E-state index contributed by atoms with van der Waals surface area (Å²) in [5, 5.41) is 0. The van der Waals surface area contributed by atoms with Gasteiger partial charge < -0.3 is 5.73 Å². The van der Waals surface area contributed by atoms with Crippen LogP contribution in [-0.2, 0) is 0 Å². The molecule has 2 N–H and O–H groups in total.